The van der Waals surface area contributed by atoms with Crippen molar-refractivity contribution in [2.75, 3.05) is 0 Å². The molecule has 0 bridgehead atoms. The van der Waals surface area contributed by atoms with Crippen LogP contribution in [0.4, 0.5) is 0 Å². The van der Waals surface area contributed by atoms with E-state index in [1.807, 2.05) is 17.4 Å². The first kappa shape index (κ1) is 10.5. The van der Waals surface area contributed by atoms with Crippen LogP contribution in [0.2, 0.25) is 0 Å². The highest BCUT2D eigenvalue weighted by molar-refractivity contribution is 9.10. The Bertz CT molecular complexity index is 495. The van der Waals surface area contributed by atoms with Crippen molar-refractivity contribution >= 4 is 27.3 Å². The lowest BCUT2D eigenvalue weighted by molar-refractivity contribution is 0.682. The van der Waals surface area contributed by atoms with E-state index in [9.17, 15) is 0 Å². The average molecular weight is 294 g/mol. The molecule has 0 saturated heterocycles. The highest BCUT2D eigenvalue weighted by Crippen LogP contribution is 2.35. The number of benzene rings is 1. The molecule has 0 N–H and O–H groups in total. The van der Waals surface area contributed by atoms with Gasteiger partial charge in [-0.05, 0) is 31.7 Å². The topological polar surface area (TPSA) is 12.9 Å². The maximum atomic E-state index is 4.77. The summed E-state index contributed by atoms with van der Waals surface area (Å²) in [6.45, 7) is 0. The number of aromatic nitrogens is 1. The molecule has 0 spiro atoms. The fourth-order valence-electron chi connectivity index (χ4n) is 2.10. The lowest BCUT2D eigenvalue weighted by Crippen LogP contribution is -1.98. The minimum absolute atomic E-state index is 1.14. The van der Waals surface area contributed by atoms with Crippen molar-refractivity contribution in [3.05, 3.63) is 39.3 Å². The van der Waals surface area contributed by atoms with Crippen LogP contribution in [0.25, 0.3) is 10.6 Å². The van der Waals surface area contributed by atoms with Crippen molar-refractivity contribution in [1.82, 2.24) is 4.98 Å². The first-order chi connectivity index (χ1) is 7.84. The van der Waals surface area contributed by atoms with Gasteiger partial charge in [0.25, 0.3) is 0 Å². The van der Waals surface area contributed by atoms with Gasteiger partial charge in [-0.3, -0.25) is 0 Å². The van der Waals surface area contributed by atoms with Crippen LogP contribution in [0.15, 0.2) is 28.7 Å². The smallest absolute Gasteiger partial charge is 0.125 e. The van der Waals surface area contributed by atoms with Gasteiger partial charge in [-0.15, -0.1) is 11.3 Å². The first-order valence-electron chi connectivity index (χ1n) is 5.58. The van der Waals surface area contributed by atoms with E-state index >= 15 is 0 Å². The lowest BCUT2D eigenvalue weighted by atomic mass is 10.0. The molecule has 1 nitrogen and oxygen atoms in total. The van der Waals surface area contributed by atoms with Gasteiger partial charge in [0.2, 0.25) is 0 Å². The number of aryl methyl sites for hydroxylation is 2. The van der Waals surface area contributed by atoms with Crippen molar-refractivity contribution < 1.29 is 0 Å². The number of hydrogen-bond donors (Lipinski definition) is 0. The Morgan fingerprint density at radius 1 is 1.12 bits per heavy atom. The van der Waals surface area contributed by atoms with Gasteiger partial charge in [0.15, 0.2) is 0 Å². The standard InChI is InChI=1S/C13H12BrNS/c14-10-6-2-1-5-9(10)13-15-11-7-3-4-8-12(11)16-13/h1-2,5-6H,3-4,7-8H2. The number of rotatable bonds is 1. The fraction of sp³-hybridized carbons (Fsp3) is 0.308. The molecule has 1 aromatic carbocycles. The predicted molar refractivity (Wildman–Crippen MR) is 71.9 cm³/mol. The summed E-state index contributed by atoms with van der Waals surface area (Å²) >= 11 is 5.45. The second-order valence-electron chi connectivity index (χ2n) is 4.08. The third-order valence-corrected chi connectivity index (χ3v) is 4.83. The molecular weight excluding hydrogens is 282 g/mol. The highest BCUT2D eigenvalue weighted by Gasteiger charge is 2.16. The van der Waals surface area contributed by atoms with E-state index in [2.05, 4.69) is 34.1 Å². The summed E-state index contributed by atoms with van der Waals surface area (Å²) in [7, 11) is 0. The van der Waals surface area contributed by atoms with Gasteiger partial charge < -0.3 is 0 Å². The molecule has 0 unspecified atom stereocenters. The second-order valence-corrected chi connectivity index (χ2v) is 6.01. The van der Waals surface area contributed by atoms with Crippen LogP contribution in [0, 0.1) is 0 Å². The second kappa shape index (κ2) is 4.30. The van der Waals surface area contributed by atoms with Crippen LogP contribution in [0.1, 0.15) is 23.4 Å². The maximum Gasteiger partial charge on any atom is 0.125 e. The maximum absolute atomic E-state index is 4.77. The van der Waals surface area contributed by atoms with E-state index in [0.29, 0.717) is 0 Å². The fourth-order valence-corrected chi connectivity index (χ4v) is 3.89. The summed E-state index contributed by atoms with van der Waals surface area (Å²) in [5.41, 5.74) is 2.56. The molecule has 16 heavy (non-hydrogen) atoms. The Hall–Kier alpha value is -0.670. The average Bonchev–Trinajstić information content (AvgIpc) is 2.73. The molecule has 0 radical (unpaired) electrons. The van der Waals surface area contributed by atoms with Crippen LogP contribution in [0.5, 0.6) is 0 Å². The van der Waals surface area contributed by atoms with E-state index in [1.165, 1.54) is 40.4 Å². The number of fused-ring (bicyclic) bond motifs is 1. The monoisotopic (exact) mass is 293 g/mol. The summed E-state index contributed by atoms with van der Waals surface area (Å²) < 4.78 is 1.14. The summed E-state index contributed by atoms with van der Waals surface area (Å²) in [5.74, 6) is 0. The van der Waals surface area contributed by atoms with Crippen LogP contribution in [0.3, 0.4) is 0 Å². The van der Waals surface area contributed by atoms with Crippen molar-refractivity contribution in [1.29, 1.82) is 0 Å². The molecule has 82 valence electrons. The Morgan fingerprint density at radius 3 is 2.75 bits per heavy atom. The highest BCUT2D eigenvalue weighted by atomic mass is 79.9. The molecule has 3 rings (SSSR count). The van der Waals surface area contributed by atoms with Crippen molar-refractivity contribution in [3.8, 4) is 10.6 Å². The number of nitrogens with zero attached hydrogens (tertiary/aromatic N) is 1. The molecule has 0 aliphatic heterocycles. The van der Waals surface area contributed by atoms with E-state index in [4.69, 9.17) is 4.98 Å². The molecule has 0 atom stereocenters. The molecule has 0 fully saturated rings. The predicted octanol–water partition coefficient (Wildman–Crippen LogP) is 4.45. The number of thiazole rings is 1. The molecule has 1 aliphatic carbocycles. The van der Waals surface area contributed by atoms with Gasteiger partial charge in [-0.1, -0.05) is 34.1 Å². The van der Waals surface area contributed by atoms with Crippen molar-refractivity contribution in [3.63, 3.8) is 0 Å². The zero-order chi connectivity index (χ0) is 11.0. The zero-order valence-electron chi connectivity index (χ0n) is 8.87. The Morgan fingerprint density at radius 2 is 1.94 bits per heavy atom. The Labute approximate surface area is 108 Å². The molecule has 0 saturated carbocycles. The Kier molecular flexibility index (Phi) is 2.82. The molecule has 2 aromatic rings. The molecule has 3 heteroatoms. The molecule has 1 aromatic heterocycles. The summed E-state index contributed by atoms with van der Waals surface area (Å²) in [6.07, 6.45) is 5.00. The minimum atomic E-state index is 1.14. The van der Waals surface area contributed by atoms with Crippen LogP contribution >= 0.6 is 27.3 Å². The van der Waals surface area contributed by atoms with Gasteiger partial charge >= 0.3 is 0 Å². The quantitative estimate of drug-likeness (QED) is 0.757. The van der Waals surface area contributed by atoms with Gasteiger partial charge in [0.1, 0.15) is 5.01 Å². The Balaban J connectivity index is 2.07. The summed E-state index contributed by atoms with van der Waals surface area (Å²) in [4.78, 5) is 6.27. The van der Waals surface area contributed by atoms with E-state index < -0.39 is 0 Å². The normalized spacial score (nSPS) is 14.8. The number of hydrogen-bond acceptors (Lipinski definition) is 2. The number of halogens is 1. The van der Waals surface area contributed by atoms with Crippen LogP contribution in [-0.2, 0) is 12.8 Å². The van der Waals surface area contributed by atoms with E-state index in [-0.39, 0.29) is 0 Å². The van der Waals surface area contributed by atoms with E-state index in [0.717, 1.165) is 10.9 Å². The van der Waals surface area contributed by atoms with E-state index in [1.54, 1.807) is 0 Å². The molecule has 1 aliphatic rings. The van der Waals surface area contributed by atoms with Gasteiger partial charge in [-0.2, -0.15) is 0 Å². The summed E-state index contributed by atoms with van der Waals surface area (Å²) in [5, 5.41) is 1.17. The van der Waals surface area contributed by atoms with Crippen molar-refractivity contribution in [2.45, 2.75) is 25.7 Å². The largest absolute Gasteiger partial charge is 0.241 e. The van der Waals surface area contributed by atoms with Gasteiger partial charge in [0, 0.05) is 14.9 Å². The molecule has 0 amide bonds. The first-order valence-corrected chi connectivity index (χ1v) is 7.19. The zero-order valence-corrected chi connectivity index (χ0v) is 11.3. The lowest BCUT2D eigenvalue weighted by Gasteiger charge is -2.06. The van der Waals surface area contributed by atoms with Crippen LogP contribution < -0.4 is 0 Å². The van der Waals surface area contributed by atoms with Crippen LogP contribution in [-0.4, -0.2) is 4.98 Å². The van der Waals surface area contributed by atoms with Crippen molar-refractivity contribution in [2.24, 2.45) is 0 Å². The third-order valence-electron chi connectivity index (χ3n) is 2.95. The summed E-state index contributed by atoms with van der Waals surface area (Å²) in [6, 6.07) is 8.33. The SMILES string of the molecule is Brc1ccccc1-c1nc2c(s1)CCCC2. The molecule has 1 heterocycles. The minimum Gasteiger partial charge on any atom is -0.241 e. The molecular formula is C13H12BrNS. The van der Waals surface area contributed by atoms with Gasteiger partial charge in [-0.25, -0.2) is 4.98 Å². The van der Waals surface area contributed by atoms with Gasteiger partial charge in [0.05, 0.1) is 5.69 Å². The third kappa shape index (κ3) is 1.82.